The Balaban J connectivity index is 1.37. The molecule has 3 aromatic rings. The fourth-order valence-corrected chi connectivity index (χ4v) is 4.59. The van der Waals surface area contributed by atoms with Crippen molar-refractivity contribution in [3.05, 3.63) is 95.1 Å². The number of rotatable bonds is 9. The number of anilines is 1. The molecule has 0 aromatic heterocycles. The molecule has 206 valence electrons. The standard InChI is InChI=1S/C30H32N6O4/c1-32-28(38)23-8-10-24(11-9-23)34-30(40)35-27(16-20-6-12-26(37)13-7-20)29(39)33-25-14-15-36(19-25)18-22-4-2-21(17-31)3-5-22/h2-13,25,27,37H,14-16,18-19H2,1H3,(H,32,38)(H,33,39)(H2,34,35,40)/t25?,27-/m0/s1. The van der Waals surface area contributed by atoms with Crippen molar-refractivity contribution in [2.75, 3.05) is 25.5 Å². The third kappa shape index (κ3) is 7.82. The molecular formula is C30H32N6O4. The highest BCUT2D eigenvalue weighted by Crippen LogP contribution is 2.16. The van der Waals surface area contributed by atoms with Gasteiger partial charge in [-0.15, -0.1) is 0 Å². The molecule has 40 heavy (non-hydrogen) atoms. The molecule has 1 aliphatic rings. The van der Waals surface area contributed by atoms with Crippen LogP contribution in [-0.2, 0) is 17.8 Å². The second-order valence-electron chi connectivity index (χ2n) is 9.72. The van der Waals surface area contributed by atoms with Crippen molar-refractivity contribution >= 4 is 23.5 Å². The average molecular weight is 541 g/mol. The highest BCUT2D eigenvalue weighted by Gasteiger charge is 2.28. The molecule has 4 amide bonds. The molecule has 0 radical (unpaired) electrons. The van der Waals surface area contributed by atoms with Crippen LogP contribution in [0.1, 0.15) is 33.5 Å². The molecule has 4 rings (SSSR count). The zero-order valence-electron chi connectivity index (χ0n) is 22.2. The number of phenols is 1. The first-order chi connectivity index (χ1) is 19.3. The van der Waals surface area contributed by atoms with Crippen LogP contribution < -0.4 is 21.3 Å². The lowest BCUT2D eigenvalue weighted by Crippen LogP contribution is -2.52. The van der Waals surface area contributed by atoms with Crippen molar-refractivity contribution in [3.63, 3.8) is 0 Å². The average Bonchev–Trinajstić information content (AvgIpc) is 3.40. The lowest BCUT2D eigenvalue weighted by atomic mass is 10.0. The summed E-state index contributed by atoms with van der Waals surface area (Å²) in [5.74, 6) is -0.420. The molecule has 10 heteroatoms. The summed E-state index contributed by atoms with van der Waals surface area (Å²) >= 11 is 0. The molecule has 3 aromatic carbocycles. The SMILES string of the molecule is CNC(=O)c1ccc(NC(=O)N[C@@H](Cc2ccc(O)cc2)C(=O)NC2CCN(Cc3ccc(C#N)cc3)C2)cc1. The van der Waals surface area contributed by atoms with Gasteiger partial charge in [0.15, 0.2) is 0 Å². The van der Waals surface area contributed by atoms with E-state index in [1.807, 2.05) is 12.1 Å². The van der Waals surface area contributed by atoms with E-state index in [-0.39, 0.29) is 30.0 Å². The van der Waals surface area contributed by atoms with Gasteiger partial charge in [-0.05, 0) is 66.1 Å². The third-order valence-corrected chi connectivity index (χ3v) is 6.74. The number of aromatic hydroxyl groups is 1. The van der Waals surface area contributed by atoms with E-state index in [2.05, 4.69) is 32.2 Å². The topological polar surface area (TPSA) is 147 Å². The summed E-state index contributed by atoms with van der Waals surface area (Å²) in [6.45, 7) is 2.20. The summed E-state index contributed by atoms with van der Waals surface area (Å²) in [6.07, 6.45) is 1.01. The molecule has 1 heterocycles. The van der Waals surface area contributed by atoms with E-state index in [9.17, 15) is 19.5 Å². The number of phenolic OH excluding ortho intramolecular Hbond substituents is 1. The van der Waals surface area contributed by atoms with Crippen molar-refractivity contribution in [1.82, 2.24) is 20.9 Å². The second kappa shape index (κ2) is 13.3. The fourth-order valence-electron chi connectivity index (χ4n) is 4.59. The van der Waals surface area contributed by atoms with E-state index in [4.69, 9.17) is 5.26 Å². The molecule has 0 saturated carbocycles. The Morgan fingerprint density at radius 2 is 1.68 bits per heavy atom. The van der Waals surface area contributed by atoms with E-state index in [0.29, 0.717) is 29.9 Å². The van der Waals surface area contributed by atoms with E-state index in [0.717, 1.165) is 24.1 Å². The van der Waals surface area contributed by atoms with Crippen molar-refractivity contribution in [3.8, 4) is 11.8 Å². The third-order valence-electron chi connectivity index (χ3n) is 6.74. The lowest BCUT2D eigenvalue weighted by molar-refractivity contribution is -0.123. The molecule has 2 atom stereocenters. The molecule has 1 unspecified atom stereocenters. The molecule has 1 saturated heterocycles. The number of amides is 4. The quantitative estimate of drug-likeness (QED) is 0.282. The van der Waals surface area contributed by atoms with Crippen LogP contribution in [0.15, 0.2) is 72.8 Å². The number of carbonyl (C=O) groups excluding carboxylic acids is 3. The Kier molecular flexibility index (Phi) is 9.33. The summed E-state index contributed by atoms with van der Waals surface area (Å²) < 4.78 is 0. The van der Waals surface area contributed by atoms with Gasteiger partial charge in [0, 0.05) is 50.4 Å². The van der Waals surface area contributed by atoms with Crippen molar-refractivity contribution in [1.29, 1.82) is 5.26 Å². The van der Waals surface area contributed by atoms with Crippen molar-refractivity contribution < 1.29 is 19.5 Å². The van der Waals surface area contributed by atoms with Gasteiger partial charge < -0.3 is 26.4 Å². The van der Waals surface area contributed by atoms with E-state index < -0.39 is 12.1 Å². The summed E-state index contributed by atoms with van der Waals surface area (Å²) in [6, 6.07) is 21.0. The predicted octanol–water partition coefficient (Wildman–Crippen LogP) is 2.75. The van der Waals surface area contributed by atoms with Crippen LogP contribution >= 0.6 is 0 Å². The molecule has 10 nitrogen and oxygen atoms in total. The molecule has 1 fully saturated rings. The minimum atomic E-state index is -0.859. The highest BCUT2D eigenvalue weighted by atomic mass is 16.3. The Morgan fingerprint density at radius 1 is 1.00 bits per heavy atom. The van der Waals surface area contributed by atoms with Gasteiger partial charge in [-0.2, -0.15) is 5.26 Å². The van der Waals surface area contributed by atoms with Gasteiger partial charge in [0.2, 0.25) is 5.91 Å². The van der Waals surface area contributed by atoms with Crippen LogP contribution in [0, 0.1) is 11.3 Å². The van der Waals surface area contributed by atoms with Crippen molar-refractivity contribution in [2.24, 2.45) is 0 Å². The van der Waals surface area contributed by atoms with Gasteiger partial charge in [0.05, 0.1) is 11.6 Å². The van der Waals surface area contributed by atoms with Crippen LogP contribution in [0.4, 0.5) is 10.5 Å². The number of urea groups is 1. The van der Waals surface area contributed by atoms with Gasteiger partial charge in [-0.25, -0.2) is 4.79 Å². The van der Waals surface area contributed by atoms with Gasteiger partial charge in [0.25, 0.3) is 5.91 Å². The van der Waals surface area contributed by atoms with E-state index >= 15 is 0 Å². The zero-order chi connectivity index (χ0) is 28.5. The first-order valence-corrected chi connectivity index (χ1v) is 13.0. The van der Waals surface area contributed by atoms with Crippen LogP contribution in [0.2, 0.25) is 0 Å². The summed E-state index contributed by atoms with van der Waals surface area (Å²) in [5, 5.41) is 29.7. The van der Waals surface area contributed by atoms with Gasteiger partial charge in [0.1, 0.15) is 11.8 Å². The number of hydrogen-bond acceptors (Lipinski definition) is 6. The van der Waals surface area contributed by atoms with Gasteiger partial charge in [-0.3, -0.25) is 14.5 Å². The largest absolute Gasteiger partial charge is 0.508 e. The monoisotopic (exact) mass is 540 g/mol. The molecule has 1 aliphatic heterocycles. The Hall–Kier alpha value is -4.88. The summed E-state index contributed by atoms with van der Waals surface area (Å²) in [7, 11) is 1.54. The van der Waals surface area contributed by atoms with E-state index in [1.54, 1.807) is 55.6 Å². The molecule has 0 spiro atoms. The maximum atomic E-state index is 13.4. The van der Waals surface area contributed by atoms with Crippen LogP contribution in [0.5, 0.6) is 5.75 Å². The maximum Gasteiger partial charge on any atom is 0.319 e. The minimum absolute atomic E-state index is 0.0738. The number of hydrogen-bond donors (Lipinski definition) is 5. The minimum Gasteiger partial charge on any atom is -0.508 e. The van der Waals surface area contributed by atoms with Crippen LogP contribution in [0.25, 0.3) is 0 Å². The Bertz CT molecular complexity index is 1370. The second-order valence-corrected chi connectivity index (χ2v) is 9.72. The molecule has 0 bridgehead atoms. The molecule has 0 aliphatic carbocycles. The summed E-state index contributed by atoms with van der Waals surface area (Å²) in [5.41, 5.74) is 3.43. The van der Waals surface area contributed by atoms with Crippen LogP contribution in [0.3, 0.4) is 0 Å². The number of carbonyl (C=O) groups is 3. The first-order valence-electron chi connectivity index (χ1n) is 13.0. The first kappa shape index (κ1) is 28.1. The van der Waals surface area contributed by atoms with Crippen LogP contribution in [-0.4, -0.2) is 60.1 Å². The molecule has 5 N–H and O–H groups in total. The number of nitrogens with zero attached hydrogens (tertiary/aromatic N) is 2. The summed E-state index contributed by atoms with van der Waals surface area (Å²) in [4.78, 5) is 40.2. The highest BCUT2D eigenvalue weighted by molar-refractivity contribution is 5.96. The number of benzene rings is 3. The van der Waals surface area contributed by atoms with Crippen molar-refractivity contribution in [2.45, 2.75) is 31.5 Å². The molecular weight excluding hydrogens is 508 g/mol. The Labute approximate surface area is 233 Å². The Morgan fingerprint density at radius 3 is 2.33 bits per heavy atom. The smallest absolute Gasteiger partial charge is 0.319 e. The number of likely N-dealkylation sites (tertiary alicyclic amines) is 1. The van der Waals surface area contributed by atoms with Gasteiger partial charge >= 0.3 is 6.03 Å². The fraction of sp³-hybridized carbons (Fsp3) is 0.267. The maximum absolute atomic E-state index is 13.4. The zero-order valence-corrected chi connectivity index (χ0v) is 22.2. The lowest BCUT2D eigenvalue weighted by Gasteiger charge is -2.22. The number of nitriles is 1. The van der Waals surface area contributed by atoms with Gasteiger partial charge in [-0.1, -0.05) is 24.3 Å². The predicted molar refractivity (Wildman–Crippen MR) is 151 cm³/mol. The normalized spacial score (nSPS) is 15.4. The number of nitrogens with one attached hydrogen (secondary N) is 4. The van der Waals surface area contributed by atoms with E-state index in [1.165, 1.54) is 12.1 Å².